The second-order valence-corrected chi connectivity index (χ2v) is 4.12. The molecule has 2 rings (SSSR count). The van der Waals surface area contributed by atoms with Crippen LogP contribution in [0, 0.1) is 0 Å². The molecule has 0 fully saturated rings. The van der Waals surface area contributed by atoms with E-state index in [1.165, 1.54) is 0 Å². The number of carboxylic acids is 1. The molecular weight excluding hydrogens is 284 g/mol. The van der Waals surface area contributed by atoms with E-state index in [4.69, 9.17) is 9.84 Å². The summed E-state index contributed by atoms with van der Waals surface area (Å²) in [6.07, 6.45) is -2.66. The van der Waals surface area contributed by atoms with E-state index in [2.05, 4.69) is 10.3 Å². The van der Waals surface area contributed by atoms with Gasteiger partial charge >= 0.3 is 5.97 Å². The Morgan fingerprint density at radius 1 is 1.38 bits per heavy atom. The molecule has 21 heavy (non-hydrogen) atoms. The van der Waals surface area contributed by atoms with Crippen LogP contribution in [0.4, 0.5) is 8.78 Å². The minimum atomic E-state index is -2.66. The molecule has 0 aliphatic carbocycles. The van der Waals surface area contributed by atoms with Gasteiger partial charge in [-0.3, -0.25) is 0 Å². The highest BCUT2D eigenvalue weighted by molar-refractivity contribution is 5.92. The predicted molar refractivity (Wildman–Crippen MR) is 69.6 cm³/mol. The Labute approximate surface area is 119 Å². The van der Waals surface area contributed by atoms with E-state index < -0.39 is 18.9 Å². The van der Waals surface area contributed by atoms with E-state index >= 15 is 0 Å². The van der Waals surface area contributed by atoms with Crippen molar-refractivity contribution in [1.29, 1.82) is 0 Å². The zero-order chi connectivity index (χ0) is 15.4. The fourth-order valence-corrected chi connectivity index (χ4v) is 1.88. The molecule has 0 amide bonds. The predicted octanol–water partition coefficient (Wildman–Crippen LogP) is 2.31. The maximum atomic E-state index is 12.5. The van der Waals surface area contributed by atoms with Crippen LogP contribution < -0.4 is 4.74 Å². The second kappa shape index (κ2) is 6.29. The third kappa shape index (κ3) is 3.33. The smallest absolute Gasteiger partial charge is 0.358 e. The first-order valence-corrected chi connectivity index (χ1v) is 6.21. The van der Waals surface area contributed by atoms with Crippen molar-refractivity contribution in [1.82, 2.24) is 15.0 Å². The number of carbonyl (C=O) groups is 1. The minimum Gasteiger partial charge on any atom is -0.494 e. The van der Waals surface area contributed by atoms with Gasteiger partial charge in [0, 0.05) is 5.56 Å². The van der Waals surface area contributed by atoms with Crippen LogP contribution in [0.1, 0.15) is 17.4 Å². The van der Waals surface area contributed by atoms with Crippen LogP contribution in [0.2, 0.25) is 0 Å². The molecule has 2 aromatic rings. The molecular formula is C13H13F2N3O3. The lowest BCUT2D eigenvalue weighted by Gasteiger charge is -2.08. The molecule has 0 aliphatic heterocycles. The lowest BCUT2D eigenvalue weighted by molar-refractivity contribution is 0.0691. The molecule has 1 N–H and O–H groups in total. The lowest BCUT2D eigenvalue weighted by Crippen LogP contribution is -2.10. The number of benzene rings is 1. The summed E-state index contributed by atoms with van der Waals surface area (Å²) in [5.74, 6) is -0.717. The monoisotopic (exact) mass is 297 g/mol. The Hall–Kier alpha value is -2.51. The number of halogens is 2. The van der Waals surface area contributed by atoms with Crippen LogP contribution in [0.25, 0.3) is 11.3 Å². The van der Waals surface area contributed by atoms with Crippen molar-refractivity contribution in [3.8, 4) is 17.0 Å². The highest BCUT2D eigenvalue weighted by Gasteiger charge is 2.22. The van der Waals surface area contributed by atoms with Crippen LogP contribution in [-0.4, -0.2) is 39.1 Å². The van der Waals surface area contributed by atoms with Crippen LogP contribution in [0.15, 0.2) is 24.3 Å². The molecule has 0 bridgehead atoms. The van der Waals surface area contributed by atoms with Gasteiger partial charge in [-0.1, -0.05) is 5.21 Å². The highest BCUT2D eigenvalue weighted by Crippen LogP contribution is 2.25. The highest BCUT2D eigenvalue weighted by atomic mass is 19.3. The standard InChI is InChI=1S/C13H13F2N3O3/c1-2-21-9-5-3-8(4-6-9)12-11(13(19)20)16-17-18(12)7-10(14)15/h3-6,10H,2,7H2,1H3,(H,19,20). The number of hydrogen-bond acceptors (Lipinski definition) is 4. The second-order valence-electron chi connectivity index (χ2n) is 4.12. The van der Waals surface area contributed by atoms with Gasteiger partial charge in [0.2, 0.25) is 0 Å². The molecule has 0 saturated carbocycles. The molecule has 0 atom stereocenters. The number of nitrogens with zero attached hydrogens (tertiary/aromatic N) is 3. The van der Waals surface area contributed by atoms with Crippen molar-refractivity contribution in [3.05, 3.63) is 30.0 Å². The zero-order valence-electron chi connectivity index (χ0n) is 11.2. The van der Waals surface area contributed by atoms with Gasteiger partial charge in [-0.05, 0) is 31.2 Å². The van der Waals surface area contributed by atoms with E-state index in [-0.39, 0.29) is 11.4 Å². The summed E-state index contributed by atoms with van der Waals surface area (Å²) in [4.78, 5) is 11.1. The van der Waals surface area contributed by atoms with Crippen molar-refractivity contribution in [2.24, 2.45) is 0 Å². The zero-order valence-corrected chi connectivity index (χ0v) is 11.2. The molecule has 0 spiro atoms. The van der Waals surface area contributed by atoms with E-state index in [1.54, 1.807) is 24.3 Å². The van der Waals surface area contributed by atoms with Crippen LogP contribution >= 0.6 is 0 Å². The number of aromatic nitrogens is 3. The number of ether oxygens (including phenoxy) is 1. The molecule has 0 saturated heterocycles. The first-order chi connectivity index (χ1) is 10.0. The first kappa shape index (κ1) is 14.9. The molecule has 1 aromatic carbocycles. The molecule has 0 unspecified atom stereocenters. The van der Waals surface area contributed by atoms with Crippen molar-refractivity contribution >= 4 is 5.97 Å². The summed E-state index contributed by atoms with van der Waals surface area (Å²) < 4.78 is 31.2. The van der Waals surface area contributed by atoms with E-state index in [1.807, 2.05) is 6.92 Å². The SMILES string of the molecule is CCOc1ccc(-c2c(C(=O)O)nnn2CC(F)F)cc1. The van der Waals surface area contributed by atoms with Gasteiger partial charge in [0.15, 0.2) is 5.69 Å². The van der Waals surface area contributed by atoms with Crippen molar-refractivity contribution in [3.63, 3.8) is 0 Å². The number of aromatic carboxylic acids is 1. The average Bonchev–Trinajstić information content (AvgIpc) is 2.83. The van der Waals surface area contributed by atoms with Gasteiger partial charge in [0.1, 0.15) is 18.0 Å². The minimum absolute atomic E-state index is 0.0471. The summed E-state index contributed by atoms with van der Waals surface area (Å²) in [6, 6.07) is 6.42. The van der Waals surface area contributed by atoms with Crippen LogP contribution in [0.3, 0.4) is 0 Å². The third-order valence-corrected chi connectivity index (χ3v) is 2.69. The molecule has 1 heterocycles. The molecule has 112 valence electrons. The maximum absolute atomic E-state index is 12.5. The van der Waals surface area contributed by atoms with E-state index in [9.17, 15) is 13.6 Å². The number of hydrogen-bond donors (Lipinski definition) is 1. The van der Waals surface area contributed by atoms with Crippen molar-refractivity contribution in [2.75, 3.05) is 6.61 Å². The van der Waals surface area contributed by atoms with Crippen LogP contribution in [0.5, 0.6) is 5.75 Å². The maximum Gasteiger partial charge on any atom is 0.358 e. The quantitative estimate of drug-likeness (QED) is 0.885. The molecule has 0 radical (unpaired) electrons. The van der Waals surface area contributed by atoms with Gasteiger partial charge in [-0.25, -0.2) is 18.3 Å². The Morgan fingerprint density at radius 2 is 2.05 bits per heavy atom. The Bertz CT molecular complexity index is 626. The van der Waals surface area contributed by atoms with Gasteiger partial charge in [-0.2, -0.15) is 0 Å². The summed E-state index contributed by atoms with van der Waals surface area (Å²) in [6.45, 7) is 1.60. The summed E-state index contributed by atoms with van der Waals surface area (Å²) in [5.41, 5.74) is 0.118. The Morgan fingerprint density at radius 3 is 2.57 bits per heavy atom. The molecule has 0 aliphatic rings. The number of carboxylic acid groups (broad SMARTS) is 1. The van der Waals surface area contributed by atoms with Gasteiger partial charge in [0.05, 0.1) is 6.61 Å². The van der Waals surface area contributed by atoms with E-state index in [0.29, 0.717) is 17.9 Å². The number of rotatable bonds is 6. The molecule has 8 heteroatoms. The van der Waals surface area contributed by atoms with Crippen molar-refractivity contribution < 1.29 is 23.4 Å². The first-order valence-electron chi connectivity index (χ1n) is 6.21. The van der Waals surface area contributed by atoms with Gasteiger partial charge in [0.25, 0.3) is 6.43 Å². The van der Waals surface area contributed by atoms with Gasteiger partial charge in [-0.15, -0.1) is 5.10 Å². The third-order valence-electron chi connectivity index (χ3n) is 2.69. The fourth-order valence-electron chi connectivity index (χ4n) is 1.88. The Balaban J connectivity index is 2.44. The summed E-state index contributed by atoms with van der Waals surface area (Å²) in [7, 11) is 0. The number of alkyl halides is 2. The lowest BCUT2D eigenvalue weighted by atomic mass is 10.1. The summed E-state index contributed by atoms with van der Waals surface area (Å²) >= 11 is 0. The normalized spacial score (nSPS) is 10.9. The van der Waals surface area contributed by atoms with E-state index in [0.717, 1.165) is 4.68 Å². The van der Waals surface area contributed by atoms with Crippen molar-refractivity contribution in [2.45, 2.75) is 19.9 Å². The Kier molecular flexibility index (Phi) is 4.46. The topological polar surface area (TPSA) is 77.2 Å². The van der Waals surface area contributed by atoms with Gasteiger partial charge < -0.3 is 9.84 Å². The molecule has 6 nitrogen and oxygen atoms in total. The molecule has 1 aromatic heterocycles. The van der Waals surface area contributed by atoms with Crippen LogP contribution in [-0.2, 0) is 6.54 Å². The average molecular weight is 297 g/mol. The fraction of sp³-hybridized carbons (Fsp3) is 0.308. The summed E-state index contributed by atoms with van der Waals surface area (Å²) in [5, 5.41) is 16.0. The largest absolute Gasteiger partial charge is 0.494 e.